The van der Waals surface area contributed by atoms with Crippen molar-refractivity contribution >= 4 is 11.6 Å². The van der Waals surface area contributed by atoms with Crippen LogP contribution in [0.4, 0.5) is 0 Å². The number of ether oxygens (including phenoxy) is 1. The maximum atomic E-state index is 6.33. The summed E-state index contributed by atoms with van der Waals surface area (Å²) in [5.74, 6) is 0. The lowest BCUT2D eigenvalue weighted by Gasteiger charge is -2.46. The van der Waals surface area contributed by atoms with E-state index in [9.17, 15) is 0 Å². The molecule has 1 spiro atoms. The molecular formula is C23H29ClN2O. The third kappa shape index (κ3) is 4.37. The fraction of sp³-hybridized carbons (Fsp3) is 0.522. The highest BCUT2D eigenvalue weighted by Crippen LogP contribution is 2.49. The van der Waals surface area contributed by atoms with E-state index in [2.05, 4.69) is 23.5 Å². The Balaban J connectivity index is 1.45. The van der Waals surface area contributed by atoms with Crippen molar-refractivity contribution in [3.63, 3.8) is 0 Å². The molecule has 2 fully saturated rings. The minimum absolute atomic E-state index is 0.0860. The summed E-state index contributed by atoms with van der Waals surface area (Å²) in [6, 6.07) is 14.4. The first-order chi connectivity index (χ1) is 13.2. The molecule has 4 heteroatoms. The van der Waals surface area contributed by atoms with Crippen LogP contribution in [0.1, 0.15) is 56.2 Å². The zero-order chi connectivity index (χ0) is 18.6. The second kappa shape index (κ2) is 8.30. The lowest BCUT2D eigenvalue weighted by Crippen LogP contribution is -2.47. The van der Waals surface area contributed by atoms with Gasteiger partial charge in [0, 0.05) is 35.5 Å². The second-order valence-corrected chi connectivity index (χ2v) is 8.65. The van der Waals surface area contributed by atoms with E-state index in [1.165, 1.54) is 36.9 Å². The van der Waals surface area contributed by atoms with Gasteiger partial charge in [-0.05, 0) is 68.5 Å². The van der Waals surface area contributed by atoms with Gasteiger partial charge in [0.05, 0.1) is 5.60 Å². The van der Waals surface area contributed by atoms with Crippen molar-refractivity contribution < 1.29 is 4.74 Å². The van der Waals surface area contributed by atoms with Gasteiger partial charge in [-0.1, -0.05) is 42.6 Å². The zero-order valence-corrected chi connectivity index (χ0v) is 16.7. The van der Waals surface area contributed by atoms with Crippen molar-refractivity contribution in [2.24, 2.45) is 0 Å². The molecule has 27 heavy (non-hydrogen) atoms. The minimum atomic E-state index is 0.0860. The third-order valence-corrected chi connectivity index (χ3v) is 6.61. The number of benzene rings is 1. The highest BCUT2D eigenvalue weighted by Gasteiger charge is 2.48. The van der Waals surface area contributed by atoms with E-state index in [1.54, 1.807) is 0 Å². The molecule has 0 amide bonds. The summed E-state index contributed by atoms with van der Waals surface area (Å²) in [4.78, 5) is 4.78. The third-order valence-electron chi connectivity index (χ3n) is 6.37. The fourth-order valence-corrected chi connectivity index (χ4v) is 5.22. The van der Waals surface area contributed by atoms with Gasteiger partial charge in [-0.2, -0.15) is 0 Å². The van der Waals surface area contributed by atoms with Gasteiger partial charge in [-0.15, -0.1) is 0 Å². The maximum Gasteiger partial charge on any atom is 0.0691 e. The molecule has 1 saturated carbocycles. The Labute approximate surface area is 167 Å². The van der Waals surface area contributed by atoms with Crippen molar-refractivity contribution in [2.75, 3.05) is 13.2 Å². The van der Waals surface area contributed by atoms with Crippen LogP contribution in [0.5, 0.6) is 0 Å². The Morgan fingerprint density at radius 3 is 2.74 bits per heavy atom. The molecule has 2 aromatic rings. The summed E-state index contributed by atoms with van der Waals surface area (Å²) >= 11 is 6.10. The molecule has 1 aromatic carbocycles. The number of rotatable bonds is 6. The van der Waals surface area contributed by atoms with E-state index in [-0.39, 0.29) is 11.0 Å². The number of hydrogen-bond donors (Lipinski definition) is 1. The number of halogens is 1. The summed E-state index contributed by atoms with van der Waals surface area (Å²) in [5.41, 5.74) is 2.67. The number of nitrogens with one attached hydrogen (secondary N) is 1. The number of pyridine rings is 1. The van der Waals surface area contributed by atoms with Crippen LogP contribution < -0.4 is 5.32 Å². The van der Waals surface area contributed by atoms with Crippen molar-refractivity contribution in [3.8, 4) is 0 Å². The van der Waals surface area contributed by atoms with Crippen LogP contribution >= 0.6 is 11.6 Å². The van der Waals surface area contributed by atoms with Gasteiger partial charge in [-0.25, -0.2) is 0 Å². The summed E-state index contributed by atoms with van der Waals surface area (Å²) in [6.45, 7) is 2.67. The van der Waals surface area contributed by atoms with Gasteiger partial charge in [0.15, 0.2) is 0 Å². The Morgan fingerprint density at radius 1 is 1.07 bits per heavy atom. The molecule has 3 nitrogen and oxygen atoms in total. The standard InChI is InChI=1S/C23H29ClN2O/c24-20-7-5-6-19(16-20)17-25-14-11-22(21-8-1-4-13-26-21)12-15-27-23(18-22)9-2-3-10-23/h1,4-8,13,16,25H,2-3,9-12,14-15,17-18H2/t22-/m1/s1. The molecule has 0 radical (unpaired) electrons. The quantitative estimate of drug-likeness (QED) is 0.688. The molecule has 1 atom stereocenters. The van der Waals surface area contributed by atoms with Crippen molar-refractivity contribution in [1.29, 1.82) is 0 Å². The van der Waals surface area contributed by atoms with Gasteiger partial charge in [0.25, 0.3) is 0 Å². The first-order valence-electron chi connectivity index (χ1n) is 10.2. The molecule has 1 aliphatic heterocycles. The molecule has 1 aromatic heterocycles. The molecule has 144 valence electrons. The number of hydrogen-bond acceptors (Lipinski definition) is 3. The molecule has 2 heterocycles. The highest BCUT2D eigenvalue weighted by molar-refractivity contribution is 6.30. The van der Waals surface area contributed by atoms with Crippen molar-refractivity contribution in [1.82, 2.24) is 10.3 Å². The summed E-state index contributed by atoms with van der Waals surface area (Å²) in [7, 11) is 0. The number of nitrogens with zero attached hydrogens (tertiary/aromatic N) is 1. The SMILES string of the molecule is Clc1cccc(CNCC[C@@]2(c3ccccn3)CCOC3(CCCC3)C2)c1. The average molecular weight is 385 g/mol. The van der Waals surface area contributed by atoms with E-state index < -0.39 is 0 Å². The van der Waals surface area contributed by atoms with Crippen molar-refractivity contribution in [3.05, 3.63) is 64.9 Å². The van der Waals surface area contributed by atoms with E-state index in [4.69, 9.17) is 21.3 Å². The Hall–Kier alpha value is -1.42. The lowest BCUT2D eigenvalue weighted by atomic mass is 9.68. The maximum absolute atomic E-state index is 6.33. The van der Waals surface area contributed by atoms with Crippen LogP contribution in [0.2, 0.25) is 5.02 Å². The summed E-state index contributed by atoms with van der Waals surface area (Å²) < 4.78 is 6.33. The van der Waals surface area contributed by atoms with E-state index >= 15 is 0 Å². The van der Waals surface area contributed by atoms with Gasteiger partial charge in [0.1, 0.15) is 0 Å². The van der Waals surface area contributed by atoms with Crippen LogP contribution in [0.25, 0.3) is 0 Å². The van der Waals surface area contributed by atoms with Crippen molar-refractivity contribution in [2.45, 2.75) is 62.5 Å². The first kappa shape index (κ1) is 18.9. The van der Waals surface area contributed by atoms with Gasteiger partial charge in [0.2, 0.25) is 0 Å². The monoisotopic (exact) mass is 384 g/mol. The zero-order valence-electron chi connectivity index (χ0n) is 15.9. The largest absolute Gasteiger partial charge is 0.375 e. The minimum Gasteiger partial charge on any atom is -0.375 e. The van der Waals surface area contributed by atoms with Crippen LogP contribution in [0.15, 0.2) is 48.7 Å². The molecular weight excluding hydrogens is 356 g/mol. The Morgan fingerprint density at radius 2 is 1.96 bits per heavy atom. The van der Waals surface area contributed by atoms with Crippen LogP contribution in [0, 0.1) is 0 Å². The molecule has 4 rings (SSSR count). The second-order valence-electron chi connectivity index (χ2n) is 8.22. The topological polar surface area (TPSA) is 34.2 Å². The number of aromatic nitrogens is 1. The summed E-state index contributed by atoms with van der Waals surface area (Å²) in [6.07, 6.45) is 10.2. The fourth-order valence-electron chi connectivity index (χ4n) is 5.00. The lowest BCUT2D eigenvalue weighted by molar-refractivity contribution is -0.104. The predicted molar refractivity (Wildman–Crippen MR) is 110 cm³/mol. The predicted octanol–water partition coefficient (Wildman–Crippen LogP) is 5.28. The molecule has 1 N–H and O–H groups in total. The summed E-state index contributed by atoms with van der Waals surface area (Å²) in [5, 5.41) is 4.42. The van der Waals surface area contributed by atoms with Crippen LogP contribution in [0.3, 0.4) is 0 Å². The van der Waals surface area contributed by atoms with Gasteiger partial charge >= 0.3 is 0 Å². The Kier molecular flexibility index (Phi) is 5.82. The van der Waals surface area contributed by atoms with Gasteiger partial charge < -0.3 is 10.1 Å². The highest BCUT2D eigenvalue weighted by atomic mass is 35.5. The van der Waals surface area contributed by atoms with Crippen LogP contribution in [-0.4, -0.2) is 23.7 Å². The van der Waals surface area contributed by atoms with E-state index in [0.717, 1.165) is 44.0 Å². The van der Waals surface area contributed by atoms with Gasteiger partial charge in [-0.3, -0.25) is 4.98 Å². The molecule has 0 unspecified atom stereocenters. The molecule has 1 saturated heterocycles. The first-order valence-corrected chi connectivity index (χ1v) is 10.6. The Bertz CT molecular complexity index is 745. The van der Waals surface area contributed by atoms with E-state index in [0.29, 0.717) is 0 Å². The average Bonchev–Trinajstić information content (AvgIpc) is 3.13. The normalized spacial score (nSPS) is 24.3. The van der Waals surface area contributed by atoms with E-state index in [1.807, 2.05) is 30.5 Å². The smallest absolute Gasteiger partial charge is 0.0691 e. The van der Waals surface area contributed by atoms with Crippen LogP contribution in [-0.2, 0) is 16.7 Å². The molecule has 2 aliphatic rings. The molecule has 0 bridgehead atoms. The molecule has 1 aliphatic carbocycles.